The van der Waals surface area contributed by atoms with E-state index in [9.17, 15) is 14.3 Å². The molecule has 0 radical (unpaired) electrons. The van der Waals surface area contributed by atoms with Crippen molar-refractivity contribution in [1.29, 1.82) is 0 Å². The van der Waals surface area contributed by atoms with Crippen LogP contribution in [-0.2, 0) is 18.4 Å². The molecule has 0 spiro atoms. The van der Waals surface area contributed by atoms with Gasteiger partial charge in [-0.3, -0.25) is 4.68 Å². The highest BCUT2D eigenvalue weighted by atomic mass is 19.1. The third-order valence-corrected chi connectivity index (χ3v) is 5.21. The molecule has 1 saturated carbocycles. The molecule has 0 aliphatic heterocycles. The second-order valence-electron chi connectivity index (χ2n) is 7.29. The largest absolute Gasteiger partial charge is 0.471 e. The fraction of sp³-hybridized carbons (Fsp3) is 0.381. The lowest BCUT2D eigenvalue weighted by Crippen LogP contribution is -2.26. The molecule has 0 amide bonds. The number of aromatic nitrogens is 3. The van der Waals surface area contributed by atoms with E-state index in [1.807, 2.05) is 0 Å². The number of aryl methyl sites for hydroxylation is 2. The Morgan fingerprint density at radius 1 is 1.33 bits per heavy atom. The number of esters is 1. The zero-order valence-electron chi connectivity index (χ0n) is 16.7. The zero-order chi connectivity index (χ0) is 21.3. The van der Waals surface area contributed by atoms with Gasteiger partial charge in [-0.25, -0.2) is 9.18 Å². The number of hydrogen-bond acceptors (Lipinski definition) is 7. The lowest BCUT2D eigenvalue weighted by molar-refractivity contribution is -0.00578. The summed E-state index contributed by atoms with van der Waals surface area (Å²) in [5.41, 5.74) is 2.18. The second kappa shape index (κ2) is 8.27. The lowest BCUT2D eigenvalue weighted by atomic mass is 10.1. The van der Waals surface area contributed by atoms with Crippen LogP contribution < -0.4 is 4.74 Å². The van der Waals surface area contributed by atoms with Gasteiger partial charge in [0.25, 0.3) is 0 Å². The first kappa shape index (κ1) is 20.1. The van der Waals surface area contributed by atoms with Crippen molar-refractivity contribution in [1.82, 2.24) is 14.9 Å². The van der Waals surface area contributed by atoms with Gasteiger partial charge in [0, 0.05) is 18.7 Å². The van der Waals surface area contributed by atoms with Crippen molar-refractivity contribution in [3.63, 3.8) is 0 Å². The summed E-state index contributed by atoms with van der Waals surface area (Å²) in [6.45, 7) is 1.86. The van der Waals surface area contributed by atoms with Crippen LogP contribution in [0.3, 0.4) is 0 Å². The molecule has 0 saturated heterocycles. The molecular formula is C21H22FN3O5. The third kappa shape index (κ3) is 4.06. The van der Waals surface area contributed by atoms with Crippen molar-refractivity contribution in [3.05, 3.63) is 53.2 Å². The first-order valence-electron chi connectivity index (χ1n) is 9.69. The number of nitrogens with zero attached hydrogens (tertiary/aromatic N) is 3. The van der Waals surface area contributed by atoms with Crippen molar-refractivity contribution in [2.24, 2.45) is 7.05 Å². The van der Waals surface area contributed by atoms with E-state index >= 15 is 0 Å². The summed E-state index contributed by atoms with van der Waals surface area (Å²) in [7, 11) is 1.61. The molecule has 1 aliphatic rings. The minimum atomic E-state index is -0.626. The first-order chi connectivity index (χ1) is 14.4. The summed E-state index contributed by atoms with van der Waals surface area (Å²) in [6.07, 6.45) is 0.987. The van der Waals surface area contributed by atoms with Gasteiger partial charge in [-0.1, -0.05) is 5.16 Å². The molecule has 2 aromatic heterocycles. The van der Waals surface area contributed by atoms with E-state index in [2.05, 4.69) is 10.3 Å². The molecule has 1 fully saturated rings. The van der Waals surface area contributed by atoms with Crippen LogP contribution in [0.5, 0.6) is 5.88 Å². The molecule has 9 heteroatoms. The standard InChI is InChI=1S/C21H22FN3O5/c1-12-15(20(24-30-12)13-6-8-14(22)9-7-13)11-28-19-10-16(25(2)23-19)21(27)29-18-5-3-4-17(18)26/h6-10,17-18,26H,3-5,11H2,1-2H3/t17-,18-/m1/s1. The van der Waals surface area contributed by atoms with E-state index in [1.54, 1.807) is 26.1 Å². The fourth-order valence-electron chi connectivity index (χ4n) is 3.49. The monoisotopic (exact) mass is 415 g/mol. The molecule has 1 aliphatic carbocycles. The smallest absolute Gasteiger partial charge is 0.357 e. The zero-order valence-corrected chi connectivity index (χ0v) is 16.7. The number of carbonyl (C=O) groups excluding carboxylic acids is 1. The average Bonchev–Trinajstić information content (AvgIpc) is 3.40. The number of carbonyl (C=O) groups is 1. The number of rotatable bonds is 6. The van der Waals surface area contributed by atoms with Gasteiger partial charge in [0.2, 0.25) is 5.88 Å². The minimum Gasteiger partial charge on any atom is -0.471 e. The van der Waals surface area contributed by atoms with E-state index in [-0.39, 0.29) is 24.0 Å². The van der Waals surface area contributed by atoms with Crippen molar-refractivity contribution < 1.29 is 28.3 Å². The quantitative estimate of drug-likeness (QED) is 0.617. The number of benzene rings is 1. The highest BCUT2D eigenvalue weighted by Crippen LogP contribution is 2.27. The second-order valence-corrected chi connectivity index (χ2v) is 7.29. The maximum absolute atomic E-state index is 13.2. The van der Waals surface area contributed by atoms with Crippen LogP contribution in [0.1, 0.15) is 41.1 Å². The number of aliphatic hydroxyl groups excluding tert-OH is 1. The summed E-state index contributed by atoms with van der Waals surface area (Å²) in [5.74, 6) is -0.0871. The van der Waals surface area contributed by atoms with Crippen LogP contribution in [0.15, 0.2) is 34.9 Å². The number of ether oxygens (including phenoxy) is 2. The van der Waals surface area contributed by atoms with Gasteiger partial charge in [-0.05, 0) is 50.5 Å². The summed E-state index contributed by atoms with van der Waals surface area (Å²) >= 11 is 0. The van der Waals surface area contributed by atoms with Crippen LogP contribution in [0, 0.1) is 12.7 Å². The Balaban J connectivity index is 1.46. The van der Waals surface area contributed by atoms with E-state index in [1.165, 1.54) is 22.9 Å². The van der Waals surface area contributed by atoms with Gasteiger partial charge in [0.1, 0.15) is 35.7 Å². The van der Waals surface area contributed by atoms with Gasteiger partial charge in [-0.2, -0.15) is 0 Å². The predicted octanol–water partition coefficient (Wildman–Crippen LogP) is 3.17. The predicted molar refractivity (Wildman–Crippen MR) is 103 cm³/mol. The van der Waals surface area contributed by atoms with E-state index < -0.39 is 18.2 Å². The van der Waals surface area contributed by atoms with Gasteiger partial charge in [-0.15, -0.1) is 5.10 Å². The Kier molecular flexibility index (Phi) is 5.54. The summed E-state index contributed by atoms with van der Waals surface area (Å²) in [4.78, 5) is 12.4. The molecule has 2 heterocycles. The average molecular weight is 415 g/mol. The number of aliphatic hydroxyl groups is 1. The van der Waals surface area contributed by atoms with Crippen molar-refractivity contribution in [3.8, 4) is 17.1 Å². The molecule has 158 valence electrons. The van der Waals surface area contributed by atoms with Crippen LogP contribution in [0.4, 0.5) is 4.39 Å². The maximum atomic E-state index is 13.2. The molecule has 0 bridgehead atoms. The number of halogens is 1. The van der Waals surface area contributed by atoms with Gasteiger partial charge in [0.05, 0.1) is 11.7 Å². The third-order valence-electron chi connectivity index (χ3n) is 5.21. The molecule has 3 aromatic rings. The van der Waals surface area contributed by atoms with E-state index in [4.69, 9.17) is 14.0 Å². The first-order valence-corrected chi connectivity index (χ1v) is 9.69. The Hall–Kier alpha value is -3.20. The van der Waals surface area contributed by atoms with Gasteiger partial charge in [0.15, 0.2) is 0 Å². The Labute approximate surface area is 172 Å². The van der Waals surface area contributed by atoms with Crippen LogP contribution in [0.25, 0.3) is 11.3 Å². The van der Waals surface area contributed by atoms with E-state index in [0.717, 1.165) is 6.42 Å². The minimum absolute atomic E-state index is 0.106. The summed E-state index contributed by atoms with van der Waals surface area (Å²) in [6, 6.07) is 7.42. The fourth-order valence-corrected chi connectivity index (χ4v) is 3.49. The highest BCUT2D eigenvalue weighted by Gasteiger charge is 2.30. The maximum Gasteiger partial charge on any atom is 0.357 e. The van der Waals surface area contributed by atoms with Crippen LogP contribution >= 0.6 is 0 Å². The lowest BCUT2D eigenvalue weighted by Gasteiger charge is -2.15. The number of hydrogen-bond donors (Lipinski definition) is 1. The van der Waals surface area contributed by atoms with Crippen molar-refractivity contribution in [2.75, 3.05) is 0 Å². The Bertz CT molecular complexity index is 1040. The van der Waals surface area contributed by atoms with E-state index in [0.29, 0.717) is 35.4 Å². The van der Waals surface area contributed by atoms with Gasteiger partial charge < -0.3 is 19.1 Å². The molecule has 2 atom stereocenters. The van der Waals surface area contributed by atoms with Crippen LogP contribution in [0.2, 0.25) is 0 Å². The molecule has 0 unspecified atom stereocenters. The molecule has 1 N–H and O–H groups in total. The topological polar surface area (TPSA) is 99.6 Å². The van der Waals surface area contributed by atoms with Gasteiger partial charge >= 0.3 is 5.97 Å². The highest BCUT2D eigenvalue weighted by molar-refractivity contribution is 5.88. The molecular weight excluding hydrogens is 393 g/mol. The molecule has 1 aromatic carbocycles. The molecule has 8 nitrogen and oxygen atoms in total. The van der Waals surface area contributed by atoms with Crippen LogP contribution in [-0.4, -0.2) is 38.2 Å². The molecule has 4 rings (SSSR count). The van der Waals surface area contributed by atoms with Crippen molar-refractivity contribution in [2.45, 2.75) is 45.0 Å². The normalized spacial score (nSPS) is 18.5. The summed E-state index contributed by atoms with van der Waals surface area (Å²) < 4.78 is 31.0. The Morgan fingerprint density at radius 3 is 2.80 bits per heavy atom. The molecule has 30 heavy (non-hydrogen) atoms. The Morgan fingerprint density at radius 2 is 2.10 bits per heavy atom. The summed E-state index contributed by atoms with van der Waals surface area (Å²) in [5, 5.41) is 18.1. The van der Waals surface area contributed by atoms with Crippen molar-refractivity contribution >= 4 is 5.97 Å². The SMILES string of the molecule is Cc1onc(-c2ccc(F)cc2)c1COc1cc(C(=O)O[C@@H]2CCC[C@H]2O)n(C)n1.